The van der Waals surface area contributed by atoms with Gasteiger partial charge in [-0.25, -0.2) is 9.97 Å². The SMILES string of the molecule is Cc1oc(-c2ccccc2)nc1CSc1nc2ccccc2c(=O)n1C[C@H]1CCCO1. The standard InChI is InChI=1S/C24H23N3O3S/c1-16-21(25-22(30-16)17-8-3-2-4-9-17)15-31-24-26-20-12-6-5-11-19(20)23(28)27(24)14-18-10-7-13-29-18/h2-6,8-9,11-12,18H,7,10,13-15H2,1H3/t18-/m1/s1. The molecule has 4 aromatic rings. The smallest absolute Gasteiger partial charge is 0.262 e. The van der Waals surface area contributed by atoms with Gasteiger partial charge in [-0.3, -0.25) is 9.36 Å². The van der Waals surface area contributed by atoms with Crippen LogP contribution in [0.4, 0.5) is 0 Å². The number of benzene rings is 2. The number of thioether (sulfide) groups is 1. The van der Waals surface area contributed by atoms with Crippen LogP contribution < -0.4 is 5.56 Å². The topological polar surface area (TPSA) is 70.2 Å². The van der Waals surface area contributed by atoms with Crippen molar-refractivity contribution in [3.63, 3.8) is 0 Å². The summed E-state index contributed by atoms with van der Waals surface area (Å²) in [5.74, 6) is 1.95. The van der Waals surface area contributed by atoms with Gasteiger partial charge in [0.15, 0.2) is 5.16 Å². The normalized spacial score (nSPS) is 16.2. The van der Waals surface area contributed by atoms with Gasteiger partial charge >= 0.3 is 0 Å². The molecule has 0 unspecified atom stereocenters. The van der Waals surface area contributed by atoms with E-state index in [9.17, 15) is 4.79 Å². The van der Waals surface area contributed by atoms with E-state index in [1.54, 1.807) is 4.57 Å². The van der Waals surface area contributed by atoms with Gasteiger partial charge in [0.05, 0.1) is 29.2 Å². The van der Waals surface area contributed by atoms with Gasteiger partial charge in [-0.1, -0.05) is 42.1 Å². The molecule has 31 heavy (non-hydrogen) atoms. The van der Waals surface area contributed by atoms with Crippen LogP contribution in [0, 0.1) is 6.92 Å². The van der Waals surface area contributed by atoms with Crippen LogP contribution in [0.1, 0.15) is 24.3 Å². The van der Waals surface area contributed by atoms with Gasteiger partial charge in [0.1, 0.15) is 5.76 Å². The van der Waals surface area contributed by atoms with E-state index in [-0.39, 0.29) is 11.7 Å². The summed E-state index contributed by atoms with van der Waals surface area (Å²) in [5, 5.41) is 1.32. The summed E-state index contributed by atoms with van der Waals surface area (Å²) in [6, 6.07) is 17.3. The predicted octanol–water partition coefficient (Wildman–Crippen LogP) is 4.83. The average molecular weight is 434 g/mol. The third kappa shape index (κ3) is 4.16. The van der Waals surface area contributed by atoms with Crippen molar-refractivity contribution in [2.45, 2.75) is 43.3 Å². The minimum Gasteiger partial charge on any atom is -0.441 e. The van der Waals surface area contributed by atoms with Crippen LogP contribution in [0.5, 0.6) is 0 Å². The van der Waals surface area contributed by atoms with E-state index >= 15 is 0 Å². The van der Waals surface area contributed by atoms with Crippen molar-refractivity contribution in [3.05, 3.63) is 76.4 Å². The molecule has 0 aliphatic carbocycles. The summed E-state index contributed by atoms with van der Waals surface area (Å²) in [6.07, 6.45) is 2.05. The number of rotatable bonds is 6. The maximum Gasteiger partial charge on any atom is 0.262 e. The number of oxazole rings is 1. The van der Waals surface area contributed by atoms with Gasteiger partial charge in [-0.05, 0) is 44.0 Å². The number of ether oxygens (including phenoxy) is 1. The number of fused-ring (bicyclic) bond motifs is 1. The van der Waals surface area contributed by atoms with E-state index in [0.717, 1.165) is 36.5 Å². The number of aryl methyl sites for hydroxylation is 1. The number of hydrogen-bond acceptors (Lipinski definition) is 6. The Kier molecular flexibility index (Phi) is 5.61. The van der Waals surface area contributed by atoms with Gasteiger partial charge in [0.25, 0.3) is 5.56 Å². The van der Waals surface area contributed by atoms with Crippen LogP contribution in [-0.2, 0) is 17.0 Å². The molecule has 0 N–H and O–H groups in total. The molecule has 2 aromatic carbocycles. The second-order valence-electron chi connectivity index (χ2n) is 7.64. The van der Waals surface area contributed by atoms with Gasteiger partial charge in [0.2, 0.25) is 5.89 Å². The van der Waals surface area contributed by atoms with Crippen LogP contribution >= 0.6 is 11.8 Å². The fraction of sp³-hybridized carbons (Fsp3) is 0.292. The summed E-state index contributed by atoms with van der Waals surface area (Å²) in [6.45, 7) is 3.19. The highest BCUT2D eigenvalue weighted by atomic mass is 32.2. The highest BCUT2D eigenvalue weighted by Gasteiger charge is 2.21. The zero-order valence-corrected chi connectivity index (χ0v) is 18.1. The van der Waals surface area contributed by atoms with Crippen molar-refractivity contribution in [1.29, 1.82) is 0 Å². The van der Waals surface area contributed by atoms with E-state index in [1.165, 1.54) is 11.8 Å². The molecule has 2 aromatic heterocycles. The molecule has 1 aliphatic heterocycles. The van der Waals surface area contributed by atoms with Crippen LogP contribution in [0.3, 0.4) is 0 Å². The number of aromatic nitrogens is 3. The molecule has 1 fully saturated rings. The zero-order valence-electron chi connectivity index (χ0n) is 17.3. The molecular weight excluding hydrogens is 410 g/mol. The minimum atomic E-state index is -0.0227. The third-order valence-corrected chi connectivity index (χ3v) is 6.48. The first kappa shape index (κ1) is 20.0. The average Bonchev–Trinajstić information content (AvgIpc) is 3.45. The first-order chi connectivity index (χ1) is 15.2. The highest BCUT2D eigenvalue weighted by Crippen LogP contribution is 2.28. The lowest BCUT2D eigenvalue weighted by atomic mass is 10.2. The Balaban J connectivity index is 1.46. The lowest BCUT2D eigenvalue weighted by Crippen LogP contribution is -2.28. The monoisotopic (exact) mass is 433 g/mol. The first-order valence-corrected chi connectivity index (χ1v) is 11.4. The number of hydrogen-bond donors (Lipinski definition) is 0. The van der Waals surface area contributed by atoms with Crippen molar-refractivity contribution in [3.8, 4) is 11.5 Å². The molecule has 158 valence electrons. The molecule has 1 saturated heterocycles. The molecule has 0 spiro atoms. The first-order valence-electron chi connectivity index (χ1n) is 10.4. The van der Waals surface area contributed by atoms with E-state index in [0.29, 0.717) is 34.2 Å². The Hall–Kier alpha value is -2.90. The Morgan fingerprint density at radius 1 is 1.10 bits per heavy atom. The molecular formula is C24H23N3O3S. The quantitative estimate of drug-likeness (QED) is 0.320. The van der Waals surface area contributed by atoms with E-state index < -0.39 is 0 Å². The van der Waals surface area contributed by atoms with Crippen LogP contribution in [-0.4, -0.2) is 27.2 Å². The molecule has 0 amide bonds. The molecule has 1 atom stereocenters. The van der Waals surface area contributed by atoms with Crippen molar-refractivity contribution in [1.82, 2.24) is 14.5 Å². The second-order valence-corrected chi connectivity index (χ2v) is 8.58. The molecule has 0 bridgehead atoms. The number of nitrogens with zero attached hydrogens (tertiary/aromatic N) is 3. The molecule has 0 saturated carbocycles. The second kappa shape index (κ2) is 8.69. The highest BCUT2D eigenvalue weighted by molar-refractivity contribution is 7.98. The minimum absolute atomic E-state index is 0.0227. The van der Waals surface area contributed by atoms with Crippen molar-refractivity contribution >= 4 is 22.7 Å². The largest absolute Gasteiger partial charge is 0.441 e. The molecule has 0 radical (unpaired) electrons. The van der Waals surface area contributed by atoms with Gasteiger partial charge in [-0.15, -0.1) is 0 Å². The van der Waals surface area contributed by atoms with Crippen LogP contribution in [0.25, 0.3) is 22.4 Å². The van der Waals surface area contributed by atoms with E-state index in [1.807, 2.05) is 61.5 Å². The summed E-state index contributed by atoms with van der Waals surface area (Å²) >= 11 is 1.51. The van der Waals surface area contributed by atoms with Crippen LogP contribution in [0.2, 0.25) is 0 Å². The fourth-order valence-electron chi connectivity index (χ4n) is 3.81. The van der Waals surface area contributed by atoms with E-state index in [4.69, 9.17) is 14.1 Å². The molecule has 7 heteroatoms. The van der Waals surface area contributed by atoms with Crippen LogP contribution in [0.15, 0.2) is 69.0 Å². The molecule has 1 aliphatic rings. The summed E-state index contributed by atoms with van der Waals surface area (Å²) in [7, 11) is 0. The summed E-state index contributed by atoms with van der Waals surface area (Å²) < 4.78 is 13.4. The summed E-state index contributed by atoms with van der Waals surface area (Å²) in [4.78, 5) is 22.7. The maximum absolute atomic E-state index is 13.2. The van der Waals surface area contributed by atoms with Gasteiger partial charge in [0, 0.05) is 17.9 Å². The zero-order chi connectivity index (χ0) is 21.2. The number of para-hydroxylation sites is 1. The Bertz CT molecular complexity index is 1260. The third-order valence-electron chi connectivity index (χ3n) is 5.49. The van der Waals surface area contributed by atoms with Crippen molar-refractivity contribution in [2.75, 3.05) is 6.61 Å². The lowest BCUT2D eigenvalue weighted by Gasteiger charge is -2.16. The molecule has 5 rings (SSSR count). The lowest BCUT2D eigenvalue weighted by molar-refractivity contribution is 0.0937. The van der Waals surface area contributed by atoms with Crippen molar-refractivity contribution < 1.29 is 9.15 Å². The van der Waals surface area contributed by atoms with Gasteiger partial charge < -0.3 is 9.15 Å². The summed E-state index contributed by atoms with van der Waals surface area (Å²) in [5.41, 5.74) is 2.49. The predicted molar refractivity (Wildman–Crippen MR) is 121 cm³/mol. The van der Waals surface area contributed by atoms with Gasteiger partial charge in [-0.2, -0.15) is 0 Å². The molecule has 3 heterocycles. The molecule has 6 nitrogen and oxygen atoms in total. The Morgan fingerprint density at radius 3 is 2.71 bits per heavy atom. The van der Waals surface area contributed by atoms with Crippen molar-refractivity contribution in [2.24, 2.45) is 0 Å². The van der Waals surface area contributed by atoms with E-state index in [2.05, 4.69) is 4.98 Å². The maximum atomic E-state index is 13.2. The Morgan fingerprint density at radius 2 is 1.90 bits per heavy atom. The Labute approximate surface area is 184 Å². The fourth-order valence-corrected chi connectivity index (χ4v) is 4.82.